The standard InChI is InChI=1S/C21H26BrN3O2S/c1-2-24(14-18-8-9-19(22)28-18)15-20(26)25-12-10-16(11-13-25)21(27)23-17-6-4-3-5-7-17/h3-9,16H,2,10-15H2,1H3,(H,23,27). The lowest BCUT2D eigenvalue weighted by molar-refractivity contribution is -0.135. The minimum absolute atomic E-state index is 0.0324. The predicted octanol–water partition coefficient (Wildman–Crippen LogP) is 4.21. The molecule has 0 bridgehead atoms. The van der Waals surface area contributed by atoms with Crippen molar-refractivity contribution in [1.29, 1.82) is 0 Å². The second-order valence-corrected chi connectivity index (χ2v) is 9.57. The molecule has 1 fully saturated rings. The van der Waals surface area contributed by atoms with Crippen molar-refractivity contribution in [2.24, 2.45) is 5.92 Å². The van der Waals surface area contributed by atoms with Gasteiger partial charge in [-0.15, -0.1) is 11.3 Å². The number of anilines is 1. The number of halogens is 1. The van der Waals surface area contributed by atoms with E-state index in [0.717, 1.165) is 22.6 Å². The SMILES string of the molecule is CCN(CC(=O)N1CCC(C(=O)Nc2ccccc2)CC1)Cc1ccc(Br)s1. The number of para-hydroxylation sites is 1. The van der Waals surface area contributed by atoms with Crippen LogP contribution in [0.2, 0.25) is 0 Å². The number of hydrogen-bond acceptors (Lipinski definition) is 4. The van der Waals surface area contributed by atoms with E-state index in [9.17, 15) is 9.59 Å². The van der Waals surface area contributed by atoms with Gasteiger partial charge in [0.15, 0.2) is 0 Å². The molecule has 1 aliphatic rings. The number of nitrogens with zero attached hydrogens (tertiary/aromatic N) is 2. The van der Waals surface area contributed by atoms with Crippen LogP contribution in [-0.2, 0) is 16.1 Å². The molecule has 0 atom stereocenters. The van der Waals surface area contributed by atoms with E-state index in [0.29, 0.717) is 32.5 Å². The highest BCUT2D eigenvalue weighted by Crippen LogP contribution is 2.24. The average molecular weight is 464 g/mol. The van der Waals surface area contributed by atoms with Gasteiger partial charge in [0.2, 0.25) is 11.8 Å². The molecule has 1 aromatic carbocycles. The molecule has 1 saturated heterocycles. The smallest absolute Gasteiger partial charge is 0.236 e. The summed E-state index contributed by atoms with van der Waals surface area (Å²) in [6, 6.07) is 13.7. The van der Waals surface area contributed by atoms with Crippen molar-refractivity contribution in [1.82, 2.24) is 9.80 Å². The van der Waals surface area contributed by atoms with Crippen molar-refractivity contribution in [3.05, 3.63) is 51.1 Å². The largest absolute Gasteiger partial charge is 0.342 e. The molecule has 3 rings (SSSR count). The maximum atomic E-state index is 12.7. The van der Waals surface area contributed by atoms with E-state index < -0.39 is 0 Å². The van der Waals surface area contributed by atoms with Crippen LogP contribution in [0.3, 0.4) is 0 Å². The zero-order valence-corrected chi connectivity index (χ0v) is 18.5. The summed E-state index contributed by atoms with van der Waals surface area (Å²) in [5.74, 6) is 0.172. The Morgan fingerprint density at radius 1 is 1.18 bits per heavy atom. The summed E-state index contributed by atoms with van der Waals surface area (Å²) in [5, 5.41) is 2.97. The lowest BCUT2D eigenvalue weighted by Gasteiger charge is -2.33. The van der Waals surface area contributed by atoms with Crippen molar-refractivity contribution in [2.75, 3.05) is 31.5 Å². The van der Waals surface area contributed by atoms with Crippen LogP contribution in [0.1, 0.15) is 24.6 Å². The van der Waals surface area contributed by atoms with Crippen LogP contribution in [0.5, 0.6) is 0 Å². The molecule has 7 heteroatoms. The molecular formula is C21H26BrN3O2S. The van der Waals surface area contributed by atoms with Gasteiger partial charge in [0, 0.05) is 36.1 Å². The fourth-order valence-electron chi connectivity index (χ4n) is 3.38. The van der Waals surface area contributed by atoms with Gasteiger partial charge in [-0.25, -0.2) is 0 Å². The molecule has 0 radical (unpaired) electrons. The maximum absolute atomic E-state index is 12.7. The van der Waals surface area contributed by atoms with Crippen molar-refractivity contribution in [2.45, 2.75) is 26.3 Å². The van der Waals surface area contributed by atoms with Gasteiger partial charge in [0.1, 0.15) is 0 Å². The summed E-state index contributed by atoms with van der Waals surface area (Å²) in [6.07, 6.45) is 1.43. The number of benzene rings is 1. The summed E-state index contributed by atoms with van der Waals surface area (Å²) in [5.41, 5.74) is 0.824. The molecule has 2 heterocycles. The number of carbonyl (C=O) groups excluding carboxylic acids is 2. The number of carbonyl (C=O) groups is 2. The van der Waals surface area contributed by atoms with Crippen molar-refractivity contribution >= 4 is 44.8 Å². The fourth-order valence-corrected chi connectivity index (χ4v) is 4.91. The minimum Gasteiger partial charge on any atom is -0.342 e. The first-order valence-electron chi connectivity index (χ1n) is 9.65. The predicted molar refractivity (Wildman–Crippen MR) is 117 cm³/mol. The molecule has 0 spiro atoms. The van der Waals surface area contributed by atoms with E-state index in [-0.39, 0.29) is 17.7 Å². The molecule has 28 heavy (non-hydrogen) atoms. The quantitative estimate of drug-likeness (QED) is 0.668. The van der Waals surface area contributed by atoms with Gasteiger partial charge in [0.25, 0.3) is 0 Å². The molecule has 1 aliphatic heterocycles. The topological polar surface area (TPSA) is 52.7 Å². The van der Waals surface area contributed by atoms with Gasteiger partial charge >= 0.3 is 0 Å². The van der Waals surface area contributed by atoms with Gasteiger partial charge in [-0.05, 0) is 59.6 Å². The van der Waals surface area contributed by atoms with Crippen LogP contribution in [0, 0.1) is 5.92 Å². The van der Waals surface area contributed by atoms with Gasteiger partial charge in [-0.2, -0.15) is 0 Å². The Bertz CT molecular complexity index is 788. The molecule has 0 aliphatic carbocycles. The third-order valence-electron chi connectivity index (χ3n) is 5.07. The number of likely N-dealkylation sites (N-methyl/N-ethyl adjacent to an activating group) is 1. The number of nitrogens with one attached hydrogen (secondary N) is 1. The first-order valence-corrected chi connectivity index (χ1v) is 11.3. The van der Waals surface area contributed by atoms with Gasteiger partial charge < -0.3 is 10.2 Å². The fraction of sp³-hybridized carbons (Fsp3) is 0.429. The number of rotatable bonds is 7. The Balaban J connectivity index is 1.45. The molecule has 0 unspecified atom stereocenters. The van der Waals surface area contributed by atoms with Crippen LogP contribution in [0.15, 0.2) is 46.3 Å². The van der Waals surface area contributed by atoms with Crippen molar-refractivity contribution < 1.29 is 9.59 Å². The van der Waals surface area contributed by atoms with E-state index in [2.05, 4.69) is 39.1 Å². The highest BCUT2D eigenvalue weighted by atomic mass is 79.9. The van der Waals surface area contributed by atoms with E-state index in [4.69, 9.17) is 0 Å². The first kappa shape index (κ1) is 21.0. The molecule has 1 N–H and O–H groups in total. The van der Waals surface area contributed by atoms with Crippen LogP contribution in [-0.4, -0.2) is 47.8 Å². The molecule has 1 aromatic heterocycles. The van der Waals surface area contributed by atoms with E-state index in [1.807, 2.05) is 41.3 Å². The number of likely N-dealkylation sites (tertiary alicyclic amines) is 1. The highest BCUT2D eigenvalue weighted by Gasteiger charge is 2.28. The normalized spacial score (nSPS) is 15.0. The molecule has 0 saturated carbocycles. The minimum atomic E-state index is -0.0324. The lowest BCUT2D eigenvalue weighted by atomic mass is 9.95. The third-order valence-corrected chi connectivity index (χ3v) is 6.68. The zero-order chi connectivity index (χ0) is 19.9. The Morgan fingerprint density at radius 2 is 1.89 bits per heavy atom. The maximum Gasteiger partial charge on any atom is 0.236 e. The summed E-state index contributed by atoms with van der Waals surface area (Å²) >= 11 is 5.19. The molecule has 2 aromatic rings. The third kappa shape index (κ3) is 5.90. The second kappa shape index (κ2) is 10.2. The number of thiophene rings is 1. The number of amides is 2. The van der Waals surface area contributed by atoms with Gasteiger partial charge in [-0.3, -0.25) is 14.5 Å². The van der Waals surface area contributed by atoms with E-state index in [1.54, 1.807) is 11.3 Å². The number of piperidine rings is 1. The molecular weight excluding hydrogens is 438 g/mol. The summed E-state index contributed by atoms with van der Waals surface area (Å²) < 4.78 is 1.11. The number of hydrogen-bond donors (Lipinski definition) is 1. The second-order valence-electron chi connectivity index (χ2n) is 7.02. The van der Waals surface area contributed by atoms with Crippen molar-refractivity contribution in [3.8, 4) is 0 Å². The monoisotopic (exact) mass is 463 g/mol. The lowest BCUT2D eigenvalue weighted by Crippen LogP contribution is -2.45. The molecule has 5 nitrogen and oxygen atoms in total. The van der Waals surface area contributed by atoms with Crippen LogP contribution in [0.25, 0.3) is 0 Å². The Labute approximate surface area is 178 Å². The van der Waals surface area contributed by atoms with E-state index in [1.165, 1.54) is 4.88 Å². The van der Waals surface area contributed by atoms with Crippen molar-refractivity contribution in [3.63, 3.8) is 0 Å². The Hall–Kier alpha value is -1.70. The van der Waals surface area contributed by atoms with Crippen LogP contribution in [0.4, 0.5) is 5.69 Å². The van der Waals surface area contributed by atoms with E-state index >= 15 is 0 Å². The first-order chi connectivity index (χ1) is 13.5. The Morgan fingerprint density at radius 3 is 2.50 bits per heavy atom. The highest BCUT2D eigenvalue weighted by molar-refractivity contribution is 9.11. The molecule has 2 amide bonds. The average Bonchev–Trinajstić information content (AvgIpc) is 3.13. The zero-order valence-electron chi connectivity index (χ0n) is 16.1. The summed E-state index contributed by atoms with van der Waals surface area (Å²) in [7, 11) is 0. The molecule has 150 valence electrons. The summed E-state index contributed by atoms with van der Waals surface area (Å²) in [4.78, 5) is 30.5. The summed E-state index contributed by atoms with van der Waals surface area (Å²) in [6.45, 7) is 5.41. The van der Waals surface area contributed by atoms with Gasteiger partial charge in [0.05, 0.1) is 10.3 Å². The Kier molecular flexibility index (Phi) is 7.65. The van der Waals surface area contributed by atoms with Crippen LogP contribution < -0.4 is 5.32 Å². The van der Waals surface area contributed by atoms with Gasteiger partial charge in [-0.1, -0.05) is 25.1 Å². The van der Waals surface area contributed by atoms with Crippen LogP contribution >= 0.6 is 27.3 Å².